The average Bonchev–Trinajstić information content (AvgIpc) is 3.00. The van der Waals surface area contributed by atoms with Gasteiger partial charge in [-0.25, -0.2) is 8.42 Å². The zero-order valence-electron chi connectivity index (χ0n) is 25.8. The predicted octanol–water partition coefficient (Wildman–Crippen LogP) is 4.41. The van der Waals surface area contributed by atoms with Gasteiger partial charge in [-0.1, -0.05) is 43.7 Å². The van der Waals surface area contributed by atoms with Crippen LogP contribution < -0.4 is 23.8 Å². The maximum atomic E-state index is 14.1. The van der Waals surface area contributed by atoms with Crippen LogP contribution in [0.1, 0.15) is 31.9 Å². The number of hydrogen-bond acceptors (Lipinski definition) is 7. The summed E-state index contributed by atoms with van der Waals surface area (Å²) in [5.41, 5.74) is 1.95. The van der Waals surface area contributed by atoms with E-state index in [1.807, 2.05) is 26.8 Å². The van der Waals surface area contributed by atoms with Crippen molar-refractivity contribution in [3.05, 3.63) is 77.9 Å². The fraction of sp³-hybridized carbons (Fsp3) is 0.375. The van der Waals surface area contributed by atoms with Gasteiger partial charge in [0.1, 0.15) is 18.3 Å². The van der Waals surface area contributed by atoms with E-state index in [0.717, 1.165) is 15.4 Å². The van der Waals surface area contributed by atoms with Crippen LogP contribution >= 0.6 is 0 Å². The summed E-state index contributed by atoms with van der Waals surface area (Å²) in [6.07, 6.45) is 0. The number of ether oxygens (including phenoxy) is 3. The number of benzene rings is 3. The van der Waals surface area contributed by atoms with E-state index in [9.17, 15) is 18.0 Å². The Morgan fingerprint density at radius 2 is 1.53 bits per heavy atom. The van der Waals surface area contributed by atoms with Crippen molar-refractivity contribution in [1.82, 2.24) is 10.2 Å². The van der Waals surface area contributed by atoms with Crippen molar-refractivity contribution in [2.24, 2.45) is 5.92 Å². The lowest BCUT2D eigenvalue weighted by Crippen LogP contribution is -2.51. The van der Waals surface area contributed by atoms with Gasteiger partial charge < -0.3 is 24.4 Å². The fourth-order valence-corrected chi connectivity index (χ4v) is 5.78. The van der Waals surface area contributed by atoms with E-state index in [-0.39, 0.29) is 29.0 Å². The number of hydrogen-bond donors (Lipinski definition) is 1. The van der Waals surface area contributed by atoms with Gasteiger partial charge in [-0.05, 0) is 61.7 Å². The third-order valence-corrected chi connectivity index (χ3v) is 8.65. The maximum Gasteiger partial charge on any atom is 0.264 e. The van der Waals surface area contributed by atoms with Gasteiger partial charge in [-0.15, -0.1) is 0 Å². The third-order valence-electron chi connectivity index (χ3n) is 6.88. The summed E-state index contributed by atoms with van der Waals surface area (Å²) in [6.45, 7) is 7.41. The lowest BCUT2D eigenvalue weighted by Gasteiger charge is -2.32. The molecule has 0 spiro atoms. The molecule has 43 heavy (non-hydrogen) atoms. The molecule has 1 unspecified atom stereocenters. The number of nitrogens with zero attached hydrogens (tertiary/aromatic N) is 2. The second-order valence-electron chi connectivity index (χ2n) is 10.6. The van der Waals surface area contributed by atoms with Crippen molar-refractivity contribution < 1.29 is 32.2 Å². The second kappa shape index (κ2) is 14.8. The van der Waals surface area contributed by atoms with E-state index >= 15 is 0 Å². The molecule has 1 N–H and O–H groups in total. The SMILES string of the molecule is COc1cccc(CN(C(=O)CN(c2ccc(C)cc2)S(=O)(=O)c2ccc(OC)c(OC)c2)C(C)C(=O)NCC(C)C)c1. The fourth-order valence-electron chi connectivity index (χ4n) is 4.35. The van der Waals surface area contributed by atoms with Crippen LogP contribution in [0.3, 0.4) is 0 Å². The second-order valence-corrected chi connectivity index (χ2v) is 12.4. The van der Waals surface area contributed by atoms with Crippen molar-refractivity contribution in [2.45, 2.75) is 45.2 Å². The Balaban J connectivity index is 2.06. The molecule has 0 heterocycles. The normalized spacial score (nSPS) is 11.9. The topological polar surface area (TPSA) is 114 Å². The van der Waals surface area contributed by atoms with Crippen molar-refractivity contribution in [3.63, 3.8) is 0 Å². The minimum absolute atomic E-state index is 0.0600. The smallest absolute Gasteiger partial charge is 0.264 e. The van der Waals surface area contributed by atoms with Crippen LogP contribution in [0.5, 0.6) is 17.2 Å². The lowest BCUT2D eigenvalue weighted by atomic mass is 10.1. The summed E-state index contributed by atoms with van der Waals surface area (Å²) in [4.78, 5) is 28.6. The molecule has 0 aliphatic rings. The minimum Gasteiger partial charge on any atom is -0.497 e. The summed E-state index contributed by atoms with van der Waals surface area (Å²) < 4.78 is 45.3. The Bertz CT molecular complexity index is 1510. The summed E-state index contributed by atoms with van der Waals surface area (Å²) >= 11 is 0. The highest BCUT2D eigenvalue weighted by Gasteiger charge is 2.33. The molecule has 11 heteroatoms. The van der Waals surface area contributed by atoms with Gasteiger partial charge in [-0.3, -0.25) is 13.9 Å². The van der Waals surface area contributed by atoms with Crippen LogP contribution in [-0.2, 0) is 26.2 Å². The summed E-state index contributed by atoms with van der Waals surface area (Å²) in [5.74, 6) is 0.509. The van der Waals surface area contributed by atoms with Crippen LogP contribution in [0.4, 0.5) is 5.69 Å². The van der Waals surface area contributed by atoms with E-state index in [1.54, 1.807) is 56.5 Å². The molecule has 1 atom stereocenters. The van der Waals surface area contributed by atoms with Gasteiger partial charge in [0, 0.05) is 19.2 Å². The van der Waals surface area contributed by atoms with Gasteiger partial charge in [0.2, 0.25) is 11.8 Å². The van der Waals surface area contributed by atoms with Crippen molar-refractivity contribution >= 4 is 27.5 Å². The molecule has 0 bridgehead atoms. The first-order valence-electron chi connectivity index (χ1n) is 13.9. The monoisotopic (exact) mass is 611 g/mol. The Hall–Kier alpha value is -4.25. The van der Waals surface area contributed by atoms with Gasteiger partial charge in [0.05, 0.1) is 31.9 Å². The molecule has 10 nitrogen and oxygen atoms in total. The first-order valence-corrected chi connectivity index (χ1v) is 15.4. The van der Waals surface area contributed by atoms with Crippen LogP contribution in [0, 0.1) is 12.8 Å². The quantitative estimate of drug-likeness (QED) is 0.287. The highest BCUT2D eigenvalue weighted by atomic mass is 32.2. The molecule has 0 saturated heterocycles. The Kier molecular flexibility index (Phi) is 11.4. The van der Waals surface area contributed by atoms with Crippen molar-refractivity contribution in [3.8, 4) is 17.2 Å². The number of aryl methyl sites for hydroxylation is 1. The molecule has 0 aliphatic heterocycles. The Morgan fingerprint density at radius 1 is 0.860 bits per heavy atom. The molecular weight excluding hydrogens is 570 g/mol. The maximum absolute atomic E-state index is 14.1. The number of amides is 2. The first kappa shape index (κ1) is 33.3. The van der Waals surface area contributed by atoms with E-state index in [1.165, 1.54) is 37.3 Å². The molecule has 0 aliphatic carbocycles. The molecule has 0 fully saturated rings. The molecule has 2 amide bonds. The Labute approximate surface area is 254 Å². The highest BCUT2D eigenvalue weighted by Crippen LogP contribution is 2.32. The van der Waals surface area contributed by atoms with Crippen LogP contribution in [0.15, 0.2) is 71.6 Å². The number of sulfonamides is 1. The first-order chi connectivity index (χ1) is 20.4. The molecule has 0 radical (unpaired) electrons. The molecule has 232 valence electrons. The number of methoxy groups -OCH3 is 3. The van der Waals surface area contributed by atoms with Crippen LogP contribution in [0.2, 0.25) is 0 Å². The van der Waals surface area contributed by atoms with Crippen LogP contribution in [-0.4, -0.2) is 65.6 Å². The largest absolute Gasteiger partial charge is 0.497 e. The highest BCUT2D eigenvalue weighted by molar-refractivity contribution is 7.92. The molecule has 3 rings (SSSR count). The number of anilines is 1. The van der Waals surface area contributed by atoms with Gasteiger partial charge in [0.15, 0.2) is 11.5 Å². The van der Waals surface area contributed by atoms with Crippen LogP contribution in [0.25, 0.3) is 0 Å². The summed E-state index contributed by atoms with van der Waals surface area (Å²) in [7, 11) is 0.141. The van der Waals surface area contributed by atoms with E-state index in [4.69, 9.17) is 14.2 Å². The molecule has 3 aromatic rings. The van der Waals surface area contributed by atoms with Crippen molar-refractivity contribution in [1.29, 1.82) is 0 Å². The molecule has 0 aromatic heterocycles. The molecular formula is C32H41N3O7S. The van der Waals surface area contributed by atoms with Gasteiger partial charge in [0.25, 0.3) is 10.0 Å². The zero-order chi connectivity index (χ0) is 31.7. The summed E-state index contributed by atoms with van der Waals surface area (Å²) in [6, 6.07) is 17.4. The number of rotatable bonds is 14. The number of carbonyl (C=O) groups excluding carboxylic acids is 2. The number of carbonyl (C=O) groups is 2. The van der Waals surface area contributed by atoms with E-state index < -0.39 is 28.5 Å². The minimum atomic E-state index is -4.27. The van der Waals surface area contributed by atoms with Gasteiger partial charge in [-0.2, -0.15) is 0 Å². The predicted molar refractivity (Wildman–Crippen MR) is 166 cm³/mol. The summed E-state index contributed by atoms with van der Waals surface area (Å²) in [5, 5.41) is 2.88. The number of nitrogens with one attached hydrogen (secondary N) is 1. The third kappa shape index (κ3) is 8.41. The van der Waals surface area contributed by atoms with E-state index in [2.05, 4.69) is 5.32 Å². The average molecular weight is 612 g/mol. The van der Waals surface area contributed by atoms with E-state index in [0.29, 0.717) is 23.7 Å². The lowest BCUT2D eigenvalue weighted by molar-refractivity contribution is -0.139. The Morgan fingerprint density at radius 3 is 2.14 bits per heavy atom. The standard InChI is InChI=1S/C32H41N3O7S/c1-22(2)19-33-32(37)24(4)34(20-25-9-8-10-27(17-25)40-5)31(36)21-35(26-13-11-23(3)12-14-26)43(38,39)28-15-16-29(41-6)30(18-28)42-7/h8-18,22,24H,19-21H2,1-7H3,(H,33,37). The van der Waals surface area contributed by atoms with Crippen molar-refractivity contribution in [2.75, 3.05) is 38.7 Å². The molecule has 3 aromatic carbocycles. The molecule has 0 saturated carbocycles. The zero-order valence-corrected chi connectivity index (χ0v) is 26.6. The van der Waals surface area contributed by atoms with Gasteiger partial charge >= 0.3 is 0 Å².